The fraction of sp³-hybridized carbons (Fsp3) is 0.429. The molecule has 0 aromatic heterocycles. The molecule has 1 heterocycles. The van der Waals surface area contributed by atoms with Gasteiger partial charge in [0.15, 0.2) is 5.78 Å². The largest absolute Gasteiger partial charge is 0.485 e. The molecule has 100 valence electrons. The molecule has 1 aromatic rings. The maximum atomic E-state index is 12.0. The van der Waals surface area contributed by atoms with Crippen LogP contribution in [0, 0.1) is 20.8 Å². The van der Waals surface area contributed by atoms with E-state index in [4.69, 9.17) is 14.7 Å². The zero-order valence-corrected chi connectivity index (χ0v) is 12.6. The van der Waals surface area contributed by atoms with Crippen molar-refractivity contribution in [2.75, 3.05) is 19.8 Å². The SMILES string of the molecule is N#Cc1ccc(OCC(=O)C2CCOCC2)c(I)c1. The molecule has 0 radical (unpaired) electrons. The third kappa shape index (κ3) is 3.91. The van der Waals surface area contributed by atoms with Crippen LogP contribution in [-0.4, -0.2) is 25.6 Å². The first-order valence-corrected chi connectivity index (χ1v) is 7.21. The predicted molar refractivity (Wildman–Crippen MR) is 77.9 cm³/mol. The molecule has 5 heteroatoms. The van der Waals surface area contributed by atoms with E-state index in [-0.39, 0.29) is 18.3 Å². The average molecular weight is 371 g/mol. The summed E-state index contributed by atoms with van der Waals surface area (Å²) in [6, 6.07) is 7.24. The van der Waals surface area contributed by atoms with E-state index in [1.807, 2.05) is 0 Å². The van der Waals surface area contributed by atoms with Crippen molar-refractivity contribution in [1.82, 2.24) is 0 Å². The van der Waals surface area contributed by atoms with E-state index >= 15 is 0 Å². The Hall–Kier alpha value is -1.13. The third-order valence-electron chi connectivity index (χ3n) is 3.11. The Morgan fingerprint density at radius 2 is 2.21 bits per heavy atom. The highest BCUT2D eigenvalue weighted by Crippen LogP contribution is 2.23. The summed E-state index contributed by atoms with van der Waals surface area (Å²) in [5.41, 5.74) is 0.590. The first-order chi connectivity index (χ1) is 9.20. The normalized spacial score (nSPS) is 15.8. The summed E-state index contributed by atoms with van der Waals surface area (Å²) in [4.78, 5) is 12.0. The number of nitriles is 1. The minimum absolute atomic E-state index is 0.0600. The van der Waals surface area contributed by atoms with Crippen LogP contribution < -0.4 is 4.74 Å². The van der Waals surface area contributed by atoms with Crippen LogP contribution in [0.25, 0.3) is 0 Å². The number of hydrogen-bond acceptors (Lipinski definition) is 4. The van der Waals surface area contributed by atoms with Crippen molar-refractivity contribution in [1.29, 1.82) is 5.26 Å². The Balaban J connectivity index is 1.91. The number of ether oxygens (including phenoxy) is 2. The topological polar surface area (TPSA) is 59.3 Å². The van der Waals surface area contributed by atoms with E-state index in [0.29, 0.717) is 24.5 Å². The van der Waals surface area contributed by atoms with E-state index < -0.39 is 0 Å². The Labute approximate surface area is 125 Å². The Kier molecular flexibility index (Phi) is 5.16. The highest BCUT2D eigenvalue weighted by atomic mass is 127. The van der Waals surface area contributed by atoms with Gasteiger partial charge in [0.05, 0.1) is 15.2 Å². The van der Waals surface area contributed by atoms with Gasteiger partial charge in [0.2, 0.25) is 0 Å². The molecule has 1 saturated heterocycles. The molecule has 1 fully saturated rings. The molecule has 0 amide bonds. The molecule has 0 aliphatic carbocycles. The van der Waals surface area contributed by atoms with E-state index in [2.05, 4.69) is 28.7 Å². The Morgan fingerprint density at radius 1 is 1.47 bits per heavy atom. The van der Waals surface area contributed by atoms with Gasteiger partial charge in [-0.3, -0.25) is 4.79 Å². The summed E-state index contributed by atoms with van der Waals surface area (Å²) in [5, 5.41) is 8.78. The van der Waals surface area contributed by atoms with Crippen LogP contribution in [0.1, 0.15) is 18.4 Å². The lowest BCUT2D eigenvalue weighted by Crippen LogP contribution is -2.27. The van der Waals surface area contributed by atoms with Crippen LogP contribution in [-0.2, 0) is 9.53 Å². The second kappa shape index (κ2) is 6.87. The zero-order chi connectivity index (χ0) is 13.7. The molecule has 19 heavy (non-hydrogen) atoms. The van der Waals surface area contributed by atoms with Crippen LogP contribution >= 0.6 is 22.6 Å². The lowest BCUT2D eigenvalue weighted by atomic mass is 9.96. The van der Waals surface area contributed by atoms with Crippen LogP contribution in [0.5, 0.6) is 5.75 Å². The summed E-state index contributed by atoms with van der Waals surface area (Å²) in [5.74, 6) is 0.841. The van der Waals surface area contributed by atoms with Crippen molar-refractivity contribution in [3.63, 3.8) is 0 Å². The number of carbonyl (C=O) groups excluding carboxylic acids is 1. The summed E-state index contributed by atoms with van der Waals surface area (Å²) < 4.78 is 11.6. The van der Waals surface area contributed by atoms with Crippen LogP contribution in [0.15, 0.2) is 18.2 Å². The Bertz CT molecular complexity index is 504. The number of rotatable bonds is 4. The lowest BCUT2D eigenvalue weighted by Gasteiger charge is -2.20. The van der Waals surface area contributed by atoms with Crippen LogP contribution in [0.2, 0.25) is 0 Å². The first-order valence-electron chi connectivity index (χ1n) is 6.13. The fourth-order valence-corrected chi connectivity index (χ4v) is 2.64. The standard InChI is InChI=1S/C14H14INO3/c15-12-7-10(8-16)1-2-14(12)19-9-13(17)11-3-5-18-6-4-11/h1-2,7,11H,3-6,9H2. The molecule has 0 spiro atoms. The van der Waals surface area contributed by atoms with E-state index in [1.54, 1.807) is 18.2 Å². The summed E-state index contributed by atoms with van der Waals surface area (Å²) in [6.45, 7) is 1.40. The van der Waals surface area contributed by atoms with Gasteiger partial charge in [-0.1, -0.05) is 0 Å². The van der Waals surface area contributed by atoms with E-state index in [9.17, 15) is 4.79 Å². The minimum atomic E-state index is 0.0600. The summed E-state index contributed by atoms with van der Waals surface area (Å²) >= 11 is 2.10. The number of ketones is 1. The molecular weight excluding hydrogens is 357 g/mol. The van der Waals surface area contributed by atoms with Gasteiger partial charge in [-0.2, -0.15) is 5.26 Å². The van der Waals surface area contributed by atoms with Crippen molar-refractivity contribution in [2.24, 2.45) is 5.92 Å². The fourth-order valence-electron chi connectivity index (χ4n) is 1.97. The number of carbonyl (C=O) groups is 1. The number of Topliss-reactive ketones (excluding diaryl/α,β-unsaturated/α-hetero) is 1. The van der Waals surface area contributed by atoms with E-state index in [1.165, 1.54) is 0 Å². The molecule has 0 saturated carbocycles. The first kappa shape index (κ1) is 14.3. The molecule has 2 rings (SSSR count). The monoisotopic (exact) mass is 371 g/mol. The van der Waals surface area contributed by atoms with Gasteiger partial charge in [0.1, 0.15) is 12.4 Å². The smallest absolute Gasteiger partial charge is 0.173 e. The quantitative estimate of drug-likeness (QED) is 0.764. The van der Waals surface area contributed by atoms with Crippen molar-refractivity contribution < 1.29 is 14.3 Å². The predicted octanol–water partition coefficient (Wildman–Crippen LogP) is 2.54. The van der Waals surface area contributed by atoms with Crippen molar-refractivity contribution in [3.05, 3.63) is 27.3 Å². The van der Waals surface area contributed by atoms with Crippen LogP contribution in [0.3, 0.4) is 0 Å². The highest BCUT2D eigenvalue weighted by molar-refractivity contribution is 14.1. The molecule has 0 unspecified atom stereocenters. The number of halogens is 1. The summed E-state index contributed by atoms with van der Waals surface area (Å²) in [6.07, 6.45) is 1.57. The molecule has 0 atom stereocenters. The second-order valence-electron chi connectivity index (χ2n) is 4.40. The minimum Gasteiger partial charge on any atom is -0.485 e. The molecule has 0 N–H and O–H groups in total. The van der Waals surface area contributed by atoms with Crippen molar-refractivity contribution in [3.8, 4) is 11.8 Å². The molecule has 1 aromatic carbocycles. The number of nitrogens with zero attached hydrogens (tertiary/aromatic N) is 1. The highest BCUT2D eigenvalue weighted by Gasteiger charge is 2.22. The van der Waals surface area contributed by atoms with Gasteiger partial charge in [0, 0.05) is 19.1 Å². The lowest BCUT2D eigenvalue weighted by molar-refractivity contribution is -0.127. The van der Waals surface area contributed by atoms with Gasteiger partial charge in [-0.05, 0) is 53.6 Å². The molecule has 1 aliphatic heterocycles. The number of hydrogen-bond donors (Lipinski definition) is 0. The van der Waals surface area contributed by atoms with Gasteiger partial charge < -0.3 is 9.47 Å². The van der Waals surface area contributed by atoms with E-state index in [0.717, 1.165) is 16.4 Å². The van der Waals surface area contributed by atoms with Gasteiger partial charge in [0.25, 0.3) is 0 Å². The number of benzene rings is 1. The van der Waals surface area contributed by atoms with Gasteiger partial charge in [-0.25, -0.2) is 0 Å². The summed E-state index contributed by atoms with van der Waals surface area (Å²) in [7, 11) is 0. The van der Waals surface area contributed by atoms with Gasteiger partial charge in [-0.15, -0.1) is 0 Å². The zero-order valence-electron chi connectivity index (χ0n) is 10.4. The molecule has 1 aliphatic rings. The molecule has 4 nitrogen and oxygen atoms in total. The maximum absolute atomic E-state index is 12.0. The van der Waals surface area contributed by atoms with Crippen molar-refractivity contribution >= 4 is 28.4 Å². The second-order valence-corrected chi connectivity index (χ2v) is 5.56. The Morgan fingerprint density at radius 3 is 2.84 bits per heavy atom. The maximum Gasteiger partial charge on any atom is 0.173 e. The van der Waals surface area contributed by atoms with Crippen molar-refractivity contribution in [2.45, 2.75) is 12.8 Å². The average Bonchev–Trinajstić information content (AvgIpc) is 2.46. The third-order valence-corrected chi connectivity index (χ3v) is 3.95. The molecule has 0 bridgehead atoms. The van der Waals surface area contributed by atoms with Gasteiger partial charge >= 0.3 is 0 Å². The van der Waals surface area contributed by atoms with Crippen LogP contribution in [0.4, 0.5) is 0 Å². The molecular formula is C14H14INO3.